The molecule has 3 atom stereocenters. The maximum absolute atomic E-state index is 14.0. The summed E-state index contributed by atoms with van der Waals surface area (Å²) in [7, 11) is 1.67. The van der Waals surface area contributed by atoms with Crippen LogP contribution in [0.4, 0.5) is 0 Å². The fourth-order valence-electron chi connectivity index (χ4n) is 7.32. The average molecular weight is 454 g/mol. The van der Waals surface area contributed by atoms with Crippen LogP contribution < -0.4 is 5.32 Å². The minimum absolute atomic E-state index is 0.0544. The number of piperidine rings is 2. The molecule has 3 heterocycles. The molecule has 6 nitrogen and oxygen atoms in total. The minimum Gasteiger partial charge on any atom is -0.383 e. The zero-order valence-electron chi connectivity index (χ0n) is 20.1. The van der Waals surface area contributed by atoms with E-state index in [1.165, 1.54) is 45.2 Å². The second kappa shape index (κ2) is 9.75. The molecule has 0 bridgehead atoms. The number of ether oxygens (including phenoxy) is 1. The Morgan fingerprint density at radius 2 is 1.88 bits per heavy atom. The van der Waals surface area contributed by atoms with Gasteiger partial charge in [-0.25, -0.2) is 0 Å². The predicted octanol–water partition coefficient (Wildman–Crippen LogP) is 3.57. The maximum Gasteiger partial charge on any atom is 0.254 e. The number of carbonyl (C=O) groups excluding carboxylic acids is 2. The van der Waals surface area contributed by atoms with Crippen molar-refractivity contribution >= 4 is 11.8 Å². The fraction of sp³-hybridized carbons (Fsp3) is 0.704. The Labute approximate surface area is 198 Å². The van der Waals surface area contributed by atoms with E-state index < -0.39 is 5.54 Å². The van der Waals surface area contributed by atoms with Crippen molar-refractivity contribution in [3.05, 3.63) is 35.4 Å². The van der Waals surface area contributed by atoms with Crippen LogP contribution in [-0.2, 0) is 9.53 Å². The van der Waals surface area contributed by atoms with Gasteiger partial charge in [-0.05, 0) is 69.2 Å². The molecule has 1 aliphatic carbocycles. The highest BCUT2D eigenvalue weighted by Gasteiger charge is 2.55. The van der Waals surface area contributed by atoms with Gasteiger partial charge in [-0.3, -0.25) is 9.59 Å². The molecule has 1 aromatic rings. The summed E-state index contributed by atoms with van der Waals surface area (Å²) in [4.78, 5) is 32.1. The maximum atomic E-state index is 14.0. The highest BCUT2D eigenvalue weighted by Crippen LogP contribution is 2.50. The molecule has 3 fully saturated rings. The van der Waals surface area contributed by atoms with Crippen molar-refractivity contribution in [2.45, 2.75) is 75.3 Å². The SMILES string of the molecule is COCCN1C(=O)c2ccccc2[C@@H](C(=O)NC[C@@H]2CCCN3CCCC[C@@H]23)C12CCCC2. The third-order valence-electron chi connectivity index (χ3n) is 8.84. The van der Waals surface area contributed by atoms with Crippen LogP contribution in [0.15, 0.2) is 24.3 Å². The average Bonchev–Trinajstić information content (AvgIpc) is 3.32. The number of nitrogens with zero attached hydrogens (tertiary/aromatic N) is 2. The monoisotopic (exact) mass is 453 g/mol. The highest BCUT2D eigenvalue weighted by molar-refractivity contribution is 6.02. The lowest BCUT2D eigenvalue weighted by Gasteiger charge is -2.50. The summed E-state index contributed by atoms with van der Waals surface area (Å²) in [6.07, 6.45) is 10.2. The van der Waals surface area contributed by atoms with E-state index in [-0.39, 0.29) is 17.7 Å². The van der Waals surface area contributed by atoms with Crippen LogP contribution in [0.1, 0.15) is 79.6 Å². The third-order valence-corrected chi connectivity index (χ3v) is 8.84. The lowest BCUT2D eigenvalue weighted by molar-refractivity contribution is -0.127. The largest absolute Gasteiger partial charge is 0.383 e. The second-order valence-corrected chi connectivity index (χ2v) is 10.5. The van der Waals surface area contributed by atoms with E-state index in [9.17, 15) is 9.59 Å². The number of rotatable bonds is 6. The number of methoxy groups -OCH3 is 1. The van der Waals surface area contributed by atoms with Crippen LogP contribution in [0.5, 0.6) is 0 Å². The molecule has 1 aromatic carbocycles. The standard InChI is InChI=1S/C27H39N3O3/c1-33-18-17-30-26(32)22-11-3-2-10-21(22)24(27(30)13-5-6-14-27)25(31)28-19-20-9-8-16-29-15-7-4-12-23(20)29/h2-3,10-11,20,23-24H,4-9,12-19H2,1H3,(H,28,31)/t20-,23-,24-/m0/s1. The molecule has 1 spiro atoms. The zero-order valence-corrected chi connectivity index (χ0v) is 20.1. The lowest BCUT2D eigenvalue weighted by atomic mass is 9.71. The smallest absolute Gasteiger partial charge is 0.254 e. The van der Waals surface area contributed by atoms with Gasteiger partial charge >= 0.3 is 0 Å². The Bertz CT molecular complexity index is 864. The van der Waals surface area contributed by atoms with E-state index in [0.29, 0.717) is 30.7 Å². The Balaban J connectivity index is 1.41. The van der Waals surface area contributed by atoms with Crippen LogP contribution in [0.2, 0.25) is 0 Å². The number of benzene rings is 1. The van der Waals surface area contributed by atoms with E-state index in [0.717, 1.165) is 37.8 Å². The van der Waals surface area contributed by atoms with Crippen LogP contribution in [-0.4, -0.2) is 73.1 Å². The summed E-state index contributed by atoms with van der Waals surface area (Å²) < 4.78 is 5.36. The van der Waals surface area contributed by atoms with Crippen molar-refractivity contribution in [1.29, 1.82) is 0 Å². The molecule has 5 rings (SSSR count). The van der Waals surface area contributed by atoms with Gasteiger partial charge in [-0.2, -0.15) is 0 Å². The van der Waals surface area contributed by atoms with Gasteiger partial charge in [0.05, 0.1) is 18.1 Å². The van der Waals surface area contributed by atoms with Crippen molar-refractivity contribution in [3.8, 4) is 0 Å². The molecule has 0 aromatic heterocycles. The number of fused-ring (bicyclic) bond motifs is 2. The van der Waals surface area contributed by atoms with Crippen molar-refractivity contribution in [2.24, 2.45) is 5.92 Å². The number of hydrogen-bond acceptors (Lipinski definition) is 4. The molecule has 1 N–H and O–H groups in total. The van der Waals surface area contributed by atoms with Gasteiger partial charge in [0, 0.05) is 31.8 Å². The molecular weight excluding hydrogens is 414 g/mol. The summed E-state index contributed by atoms with van der Waals surface area (Å²) >= 11 is 0. The van der Waals surface area contributed by atoms with Gasteiger partial charge < -0.3 is 19.9 Å². The molecule has 1 saturated carbocycles. The van der Waals surface area contributed by atoms with Gasteiger partial charge in [-0.15, -0.1) is 0 Å². The topological polar surface area (TPSA) is 61.9 Å². The van der Waals surface area contributed by atoms with E-state index in [2.05, 4.69) is 10.2 Å². The highest BCUT2D eigenvalue weighted by atomic mass is 16.5. The lowest BCUT2D eigenvalue weighted by Crippen LogP contribution is -2.61. The van der Waals surface area contributed by atoms with Crippen molar-refractivity contribution < 1.29 is 14.3 Å². The first-order valence-electron chi connectivity index (χ1n) is 13.1. The van der Waals surface area contributed by atoms with Gasteiger partial charge in [0.15, 0.2) is 0 Å². The molecule has 2 saturated heterocycles. The summed E-state index contributed by atoms with van der Waals surface area (Å²) in [6.45, 7) is 4.20. The Kier molecular flexibility index (Phi) is 6.75. The molecule has 4 aliphatic rings. The van der Waals surface area contributed by atoms with Gasteiger partial charge in [-0.1, -0.05) is 37.5 Å². The van der Waals surface area contributed by atoms with Crippen molar-refractivity contribution in [3.63, 3.8) is 0 Å². The minimum atomic E-state index is -0.433. The van der Waals surface area contributed by atoms with Crippen molar-refractivity contribution in [2.75, 3.05) is 39.9 Å². The van der Waals surface area contributed by atoms with Crippen molar-refractivity contribution in [1.82, 2.24) is 15.1 Å². The van der Waals surface area contributed by atoms with E-state index >= 15 is 0 Å². The molecule has 0 radical (unpaired) electrons. The summed E-state index contributed by atoms with van der Waals surface area (Å²) in [5, 5.41) is 3.40. The normalized spacial score (nSPS) is 29.1. The van der Waals surface area contributed by atoms with Gasteiger partial charge in [0.2, 0.25) is 5.91 Å². The van der Waals surface area contributed by atoms with Crippen LogP contribution >= 0.6 is 0 Å². The number of nitrogens with one attached hydrogen (secondary N) is 1. The Morgan fingerprint density at radius 3 is 2.70 bits per heavy atom. The first kappa shape index (κ1) is 22.9. The number of carbonyl (C=O) groups is 2. The predicted molar refractivity (Wildman–Crippen MR) is 128 cm³/mol. The quantitative estimate of drug-likeness (QED) is 0.715. The van der Waals surface area contributed by atoms with Crippen LogP contribution in [0.3, 0.4) is 0 Å². The number of hydrogen-bond donors (Lipinski definition) is 1. The third kappa shape index (κ3) is 4.10. The number of amides is 2. The molecular formula is C27H39N3O3. The van der Waals surface area contributed by atoms with Gasteiger partial charge in [0.1, 0.15) is 0 Å². The van der Waals surface area contributed by atoms with E-state index in [1.807, 2.05) is 29.2 Å². The summed E-state index contributed by atoms with van der Waals surface area (Å²) in [5.41, 5.74) is 1.17. The van der Waals surface area contributed by atoms with Crippen LogP contribution in [0.25, 0.3) is 0 Å². The Hall–Kier alpha value is -1.92. The summed E-state index contributed by atoms with van der Waals surface area (Å²) in [5.74, 6) is 0.385. The molecule has 0 unspecified atom stereocenters. The van der Waals surface area contributed by atoms with Crippen LogP contribution in [0, 0.1) is 5.92 Å². The molecule has 2 amide bonds. The first-order chi connectivity index (χ1) is 16.2. The second-order valence-electron chi connectivity index (χ2n) is 10.5. The van der Waals surface area contributed by atoms with E-state index in [1.54, 1.807) is 7.11 Å². The molecule has 6 heteroatoms. The molecule has 3 aliphatic heterocycles. The zero-order chi connectivity index (χ0) is 22.8. The fourth-order valence-corrected chi connectivity index (χ4v) is 7.32. The Morgan fingerprint density at radius 1 is 1.09 bits per heavy atom. The summed E-state index contributed by atoms with van der Waals surface area (Å²) in [6, 6.07) is 8.40. The molecule has 180 valence electrons. The van der Waals surface area contributed by atoms with E-state index in [4.69, 9.17) is 4.74 Å². The molecule has 33 heavy (non-hydrogen) atoms. The first-order valence-corrected chi connectivity index (χ1v) is 13.1. The van der Waals surface area contributed by atoms with Gasteiger partial charge in [0.25, 0.3) is 5.91 Å².